The molecule has 0 radical (unpaired) electrons. The lowest BCUT2D eigenvalue weighted by atomic mass is 10.2. The monoisotopic (exact) mass is 374 g/mol. The summed E-state index contributed by atoms with van der Waals surface area (Å²) in [7, 11) is -3.45. The molecule has 1 aliphatic rings. The minimum atomic E-state index is -3.45. The molecule has 1 aliphatic heterocycles. The van der Waals surface area contributed by atoms with Crippen LogP contribution in [0.1, 0.15) is 12.5 Å². The fraction of sp³-hybridized carbons (Fsp3) is 0.500. The molecule has 116 valence electrons. The topological polar surface area (TPSA) is 66.5 Å². The molecule has 5 nitrogen and oxygen atoms in total. The summed E-state index contributed by atoms with van der Waals surface area (Å²) in [4.78, 5) is 13.8. The molecule has 1 aromatic rings. The standard InChI is InChI=1S/C14H19BrN2O3S/c1-11-8-16-6-7-17(11)14(18)10-21(19,20)9-12-2-4-13(15)5-3-12/h2-5,11,16H,6-10H2,1H3/t11-/m1/s1. The van der Waals surface area contributed by atoms with Crippen molar-refractivity contribution in [2.75, 3.05) is 25.4 Å². The predicted molar refractivity (Wildman–Crippen MR) is 85.7 cm³/mol. The first-order valence-corrected chi connectivity index (χ1v) is 9.44. The lowest BCUT2D eigenvalue weighted by Crippen LogP contribution is -2.53. The Hall–Kier alpha value is -0.920. The number of nitrogens with one attached hydrogen (secondary N) is 1. The van der Waals surface area contributed by atoms with Gasteiger partial charge in [0.2, 0.25) is 5.91 Å². The van der Waals surface area contributed by atoms with Gasteiger partial charge in [0.15, 0.2) is 9.84 Å². The van der Waals surface area contributed by atoms with Crippen LogP contribution in [0.4, 0.5) is 0 Å². The number of rotatable bonds is 4. The Labute approximate surface area is 133 Å². The van der Waals surface area contributed by atoms with Gasteiger partial charge in [0, 0.05) is 30.1 Å². The van der Waals surface area contributed by atoms with Crippen molar-refractivity contribution in [2.45, 2.75) is 18.7 Å². The van der Waals surface area contributed by atoms with Crippen LogP contribution in [0.3, 0.4) is 0 Å². The van der Waals surface area contributed by atoms with Gasteiger partial charge in [-0.05, 0) is 24.6 Å². The number of amides is 1. The van der Waals surface area contributed by atoms with Crippen LogP contribution in [0, 0.1) is 0 Å². The van der Waals surface area contributed by atoms with Crippen molar-refractivity contribution < 1.29 is 13.2 Å². The summed E-state index contributed by atoms with van der Waals surface area (Å²) in [5.74, 6) is -0.832. The molecule has 21 heavy (non-hydrogen) atoms. The average Bonchev–Trinajstić information content (AvgIpc) is 2.41. The Morgan fingerprint density at radius 3 is 2.67 bits per heavy atom. The Bertz CT molecular complexity index is 601. The minimum absolute atomic E-state index is 0.0362. The number of hydrogen-bond donors (Lipinski definition) is 1. The van der Waals surface area contributed by atoms with Gasteiger partial charge >= 0.3 is 0 Å². The molecule has 2 rings (SSSR count). The van der Waals surface area contributed by atoms with Crippen molar-refractivity contribution in [3.63, 3.8) is 0 Å². The second-order valence-electron chi connectivity index (χ2n) is 5.30. The summed E-state index contributed by atoms with van der Waals surface area (Å²) in [6, 6.07) is 7.13. The van der Waals surface area contributed by atoms with Gasteiger partial charge < -0.3 is 10.2 Å². The predicted octanol–water partition coefficient (Wildman–Crippen LogP) is 1.18. The molecule has 1 N–H and O–H groups in total. The van der Waals surface area contributed by atoms with E-state index >= 15 is 0 Å². The lowest BCUT2D eigenvalue weighted by Gasteiger charge is -2.33. The second-order valence-corrected chi connectivity index (χ2v) is 8.28. The van der Waals surface area contributed by atoms with E-state index in [0.717, 1.165) is 4.47 Å². The van der Waals surface area contributed by atoms with Gasteiger partial charge in [-0.15, -0.1) is 0 Å². The summed E-state index contributed by atoms with van der Waals surface area (Å²) < 4.78 is 25.2. The summed E-state index contributed by atoms with van der Waals surface area (Å²) in [5, 5.41) is 3.18. The maximum atomic E-state index is 12.2. The molecule has 0 saturated carbocycles. The van der Waals surface area contributed by atoms with Crippen LogP contribution in [0.2, 0.25) is 0 Å². The third-order valence-electron chi connectivity index (χ3n) is 3.46. The molecule has 0 aliphatic carbocycles. The zero-order chi connectivity index (χ0) is 15.5. The van der Waals surface area contributed by atoms with Gasteiger partial charge in [0.25, 0.3) is 0 Å². The summed E-state index contributed by atoms with van der Waals surface area (Å²) in [6.07, 6.45) is 0. The molecule has 0 bridgehead atoms. The lowest BCUT2D eigenvalue weighted by molar-refractivity contribution is -0.131. The number of benzene rings is 1. The smallest absolute Gasteiger partial charge is 0.238 e. The van der Waals surface area contributed by atoms with E-state index in [1.165, 1.54) is 0 Å². The molecule has 1 aromatic carbocycles. The molecule has 1 saturated heterocycles. The molecule has 1 amide bonds. The Kier molecular flexibility index (Phi) is 5.40. The van der Waals surface area contributed by atoms with E-state index < -0.39 is 15.6 Å². The van der Waals surface area contributed by atoms with E-state index in [9.17, 15) is 13.2 Å². The highest BCUT2D eigenvalue weighted by Gasteiger charge is 2.27. The first-order chi connectivity index (χ1) is 9.87. The third kappa shape index (κ3) is 4.79. The van der Waals surface area contributed by atoms with Crippen LogP contribution < -0.4 is 5.32 Å². The highest BCUT2D eigenvalue weighted by molar-refractivity contribution is 9.10. The Balaban J connectivity index is 1.99. The number of hydrogen-bond acceptors (Lipinski definition) is 4. The third-order valence-corrected chi connectivity index (χ3v) is 5.45. The molecule has 7 heteroatoms. The van der Waals surface area contributed by atoms with Gasteiger partial charge in [-0.25, -0.2) is 8.42 Å². The van der Waals surface area contributed by atoms with Crippen LogP contribution in [-0.2, 0) is 20.4 Å². The maximum absolute atomic E-state index is 12.2. The van der Waals surface area contributed by atoms with Crippen molar-refractivity contribution in [3.8, 4) is 0 Å². The number of carbonyl (C=O) groups is 1. The molecule has 1 heterocycles. The Morgan fingerprint density at radius 2 is 2.05 bits per heavy atom. The van der Waals surface area contributed by atoms with Crippen LogP contribution in [-0.4, -0.2) is 50.7 Å². The molecular formula is C14H19BrN2O3S. The second kappa shape index (κ2) is 6.89. The zero-order valence-electron chi connectivity index (χ0n) is 11.9. The van der Waals surface area contributed by atoms with Crippen molar-refractivity contribution >= 4 is 31.7 Å². The van der Waals surface area contributed by atoms with E-state index in [0.29, 0.717) is 25.2 Å². The fourth-order valence-corrected chi connectivity index (χ4v) is 3.98. The highest BCUT2D eigenvalue weighted by Crippen LogP contribution is 2.14. The van der Waals surface area contributed by atoms with Crippen LogP contribution in [0.15, 0.2) is 28.7 Å². The number of carbonyl (C=O) groups excluding carboxylic acids is 1. The van der Waals surface area contributed by atoms with Crippen molar-refractivity contribution in [1.82, 2.24) is 10.2 Å². The van der Waals surface area contributed by atoms with Gasteiger partial charge in [-0.3, -0.25) is 4.79 Å². The number of halogens is 1. The van der Waals surface area contributed by atoms with Crippen molar-refractivity contribution in [2.24, 2.45) is 0 Å². The molecule has 1 atom stereocenters. The number of sulfone groups is 1. The van der Waals surface area contributed by atoms with Gasteiger partial charge in [0.1, 0.15) is 5.75 Å². The van der Waals surface area contributed by atoms with Crippen LogP contribution >= 0.6 is 15.9 Å². The summed E-state index contributed by atoms with van der Waals surface area (Å²) >= 11 is 3.31. The molecule has 0 aromatic heterocycles. The van der Waals surface area contributed by atoms with E-state index in [1.54, 1.807) is 29.2 Å². The highest BCUT2D eigenvalue weighted by atomic mass is 79.9. The maximum Gasteiger partial charge on any atom is 0.238 e. The van der Waals surface area contributed by atoms with E-state index in [4.69, 9.17) is 0 Å². The van der Waals surface area contributed by atoms with Crippen molar-refractivity contribution in [3.05, 3.63) is 34.3 Å². The van der Waals surface area contributed by atoms with Gasteiger partial charge in [-0.2, -0.15) is 0 Å². The molecule has 1 fully saturated rings. The van der Waals surface area contributed by atoms with E-state index in [1.807, 2.05) is 6.92 Å². The first kappa shape index (κ1) is 16.5. The van der Waals surface area contributed by atoms with E-state index in [2.05, 4.69) is 21.2 Å². The number of nitrogens with zero attached hydrogens (tertiary/aromatic N) is 1. The number of piperazine rings is 1. The van der Waals surface area contributed by atoms with E-state index in [-0.39, 0.29) is 17.7 Å². The fourth-order valence-electron chi connectivity index (χ4n) is 2.37. The Morgan fingerprint density at radius 1 is 1.38 bits per heavy atom. The van der Waals surface area contributed by atoms with Crippen LogP contribution in [0.25, 0.3) is 0 Å². The normalized spacial score (nSPS) is 19.5. The SMILES string of the molecule is C[C@@H]1CNCCN1C(=O)CS(=O)(=O)Cc1ccc(Br)cc1. The first-order valence-electron chi connectivity index (χ1n) is 6.82. The summed E-state index contributed by atoms with van der Waals surface area (Å²) in [6.45, 7) is 3.90. The molecule has 0 spiro atoms. The summed E-state index contributed by atoms with van der Waals surface area (Å²) in [5.41, 5.74) is 0.694. The van der Waals surface area contributed by atoms with Gasteiger partial charge in [-0.1, -0.05) is 28.1 Å². The molecular weight excluding hydrogens is 356 g/mol. The van der Waals surface area contributed by atoms with Crippen molar-refractivity contribution in [1.29, 1.82) is 0 Å². The largest absolute Gasteiger partial charge is 0.337 e. The quantitative estimate of drug-likeness (QED) is 0.859. The van der Waals surface area contributed by atoms with Gasteiger partial charge in [0.05, 0.1) is 5.75 Å². The zero-order valence-corrected chi connectivity index (χ0v) is 14.3. The average molecular weight is 375 g/mol. The molecule has 0 unspecified atom stereocenters. The van der Waals surface area contributed by atoms with Crippen LogP contribution in [0.5, 0.6) is 0 Å². The minimum Gasteiger partial charge on any atom is -0.337 e.